The van der Waals surface area contributed by atoms with Gasteiger partial charge in [-0.05, 0) is 107 Å². The molecule has 75 heavy (non-hydrogen) atoms. The number of carbonyl (C=O) groups is 8. The third kappa shape index (κ3) is 21.7. The minimum Gasteiger partial charge on any atom is -0.480 e. The highest BCUT2D eigenvalue weighted by atomic mass is 16.4. The number of amides is 7. The summed E-state index contributed by atoms with van der Waals surface area (Å²) in [6.07, 6.45) is 2.79. The summed E-state index contributed by atoms with van der Waals surface area (Å²) in [6, 6.07) is 3.60. The fourth-order valence-corrected chi connectivity index (χ4v) is 8.15. The van der Waals surface area contributed by atoms with Gasteiger partial charge >= 0.3 is 5.97 Å². The molecule has 1 aliphatic rings. The Bertz CT molecular complexity index is 2350. The molecule has 1 saturated heterocycles. The summed E-state index contributed by atoms with van der Waals surface area (Å²) in [5.41, 5.74) is 45.0. The number of hydrogen-bond acceptors (Lipinski definition) is 13. The number of aliphatic carboxylic acids is 1. The molecule has 27 nitrogen and oxygen atoms in total. The number of benzene rings is 2. The molecule has 0 unspecified atom stereocenters. The van der Waals surface area contributed by atoms with Crippen LogP contribution in [0.2, 0.25) is 0 Å². The topological polar surface area (TPSA) is 477 Å². The highest BCUT2D eigenvalue weighted by Gasteiger charge is 2.39. The molecule has 2 aromatic carbocycles. The fraction of sp³-hybridized carbons (Fsp3) is 0.562. The van der Waals surface area contributed by atoms with Gasteiger partial charge in [-0.2, -0.15) is 0 Å². The summed E-state index contributed by atoms with van der Waals surface area (Å²) < 4.78 is 0. The third-order valence-corrected chi connectivity index (χ3v) is 12.2. The van der Waals surface area contributed by atoms with Crippen molar-refractivity contribution in [2.45, 2.75) is 139 Å². The number of carboxylic acid groups (broad SMARTS) is 1. The van der Waals surface area contributed by atoms with Gasteiger partial charge in [0.15, 0.2) is 17.9 Å². The van der Waals surface area contributed by atoms with Crippen LogP contribution >= 0.6 is 0 Å². The maximum absolute atomic E-state index is 14.3. The van der Waals surface area contributed by atoms with E-state index in [1.165, 1.54) is 18.7 Å². The second kappa shape index (κ2) is 31.7. The number of likely N-dealkylation sites (tertiary alicyclic amines) is 1. The van der Waals surface area contributed by atoms with Crippen molar-refractivity contribution in [1.29, 1.82) is 0 Å². The normalized spacial score (nSPS) is 15.8. The molecule has 27 heteroatoms. The van der Waals surface area contributed by atoms with E-state index in [9.17, 15) is 43.5 Å². The van der Waals surface area contributed by atoms with Gasteiger partial charge in [-0.3, -0.25) is 48.5 Å². The summed E-state index contributed by atoms with van der Waals surface area (Å²) in [4.78, 5) is 122. The van der Waals surface area contributed by atoms with Crippen molar-refractivity contribution in [2.75, 3.05) is 32.7 Å². The Morgan fingerprint density at radius 1 is 0.600 bits per heavy atom. The Balaban J connectivity index is 1.81. The predicted molar refractivity (Wildman–Crippen MR) is 284 cm³/mol. The second-order valence-electron chi connectivity index (χ2n) is 18.4. The van der Waals surface area contributed by atoms with Crippen molar-refractivity contribution in [1.82, 2.24) is 36.8 Å². The Morgan fingerprint density at radius 3 is 1.69 bits per heavy atom. The van der Waals surface area contributed by atoms with Gasteiger partial charge in [-0.1, -0.05) is 42.5 Å². The molecule has 1 fully saturated rings. The minimum absolute atomic E-state index is 0.0120. The molecule has 0 aliphatic carbocycles. The van der Waals surface area contributed by atoms with E-state index in [1.54, 1.807) is 6.07 Å². The lowest BCUT2D eigenvalue weighted by atomic mass is 10.00. The predicted octanol–water partition coefficient (Wildman–Crippen LogP) is -3.98. The van der Waals surface area contributed by atoms with E-state index in [1.807, 2.05) is 36.4 Å². The number of carboxylic acids is 1. The Kier molecular flexibility index (Phi) is 26.0. The van der Waals surface area contributed by atoms with Crippen LogP contribution in [-0.2, 0) is 44.8 Å². The van der Waals surface area contributed by atoms with Crippen LogP contribution in [0.5, 0.6) is 0 Å². The number of unbranched alkanes of at least 4 members (excludes halogenated alkanes) is 1. The van der Waals surface area contributed by atoms with E-state index in [4.69, 9.17) is 45.9 Å². The molecule has 1 aliphatic heterocycles. The first-order chi connectivity index (χ1) is 35.6. The fourth-order valence-electron chi connectivity index (χ4n) is 8.15. The summed E-state index contributed by atoms with van der Waals surface area (Å²) in [5.74, 6) is -6.62. The summed E-state index contributed by atoms with van der Waals surface area (Å²) in [5, 5.41) is 27.3. The lowest BCUT2D eigenvalue weighted by Crippen LogP contribution is -2.59. The molecule has 0 aromatic heterocycles. The van der Waals surface area contributed by atoms with E-state index in [2.05, 4.69) is 46.9 Å². The molecule has 1 heterocycles. The maximum Gasteiger partial charge on any atom is 0.326 e. The van der Waals surface area contributed by atoms with Crippen molar-refractivity contribution in [2.24, 2.45) is 60.8 Å². The van der Waals surface area contributed by atoms with Crippen molar-refractivity contribution in [3.05, 3.63) is 48.0 Å². The molecule has 3 rings (SSSR count). The first-order valence-corrected chi connectivity index (χ1v) is 25.1. The average molecular weight is 1050 g/mol. The molecule has 7 amide bonds. The van der Waals surface area contributed by atoms with Crippen LogP contribution in [0.25, 0.3) is 10.8 Å². The van der Waals surface area contributed by atoms with Crippen LogP contribution in [-0.4, -0.2) is 156 Å². The first-order valence-electron chi connectivity index (χ1n) is 25.1. The molecule has 23 N–H and O–H groups in total. The van der Waals surface area contributed by atoms with Crippen LogP contribution in [0.15, 0.2) is 57.4 Å². The second-order valence-corrected chi connectivity index (χ2v) is 18.4. The SMILES string of the molecule is C[C@H](NC(=O)[C@H](Cc1ccc2ccccc2c1)NC(=O)[C@H](CCCN=C(N)N)NC(=O)[C@@H](N)CCCN=C(N)N)C(=O)N[C@H](CCCCN)C(=O)N1CCC[C@H]1C(=O)N[C@@H](C)C(=O)N[C@@H](CCCN=C(N)N)C(=O)O. The lowest BCUT2D eigenvalue weighted by molar-refractivity contribution is -0.143. The zero-order valence-corrected chi connectivity index (χ0v) is 42.8. The summed E-state index contributed by atoms with van der Waals surface area (Å²) >= 11 is 0. The van der Waals surface area contributed by atoms with E-state index in [0.717, 1.165) is 10.8 Å². The van der Waals surface area contributed by atoms with E-state index < -0.39 is 95.7 Å². The number of hydrogen-bond donors (Lipinski definition) is 15. The van der Waals surface area contributed by atoms with Gasteiger partial charge in [-0.15, -0.1) is 0 Å². The van der Waals surface area contributed by atoms with E-state index >= 15 is 0 Å². The highest BCUT2D eigenvalue weighted by molar-refractivity contribution is 5.98. The molecule has 0 saturated carbocycles. The van der Waals surface area contributed by atoms with Crippen LogP contribution in [0.1, 0.15) is 90.0 Å². The smallest absolute Gasteiger partial charge is 0.326 e. The molecule has 2 aromatic rings. The van der Waals surface area contributed by atoms with Crippen molar-refractivity contribution >= 4 is 76.0 Å². The molecule has 0 spiro atoms. The zero-order valence-electron chi connectivity index (χ0n) is 42.8. The number of nitrogens with zero attached hydrogens (tertiary/aromatic N) is 4. The molecule has 8 atom stereocenters. The van der Waals surface area contributed by atoms with Gasteiger partial charge in [-0.25, -0.2) is 4.79 Å². The largest absolute Gasteiger partial charge is 0.480 e. The molecular formula is C48H78N18O9. The standard InChI is InChI=1S/C48H78N18O9/c1-27(38(67)63-34(14-5-6-20-49)44(73)66-24-10-17-37(66)43(72)61-28(2)39(68)64-35(45(74)75)16-9-23-59-48(55)56)60-42(71)36(26-29-18-19-30-11-3-4-12-31(30)25-29)65-41(70)33(15-8-22-58-47(53)54)62-40(69)32(50)13-7-21-57-46(51)52/h3-4,11-12,18-19,25,27-28,32-37H,5-10,13-17,20-24,26,49-50H2,1-2H3,(H,60,71)(H,61,72)(H,62,69)(H,63,67)(H,64,68)(H,65,70)(H,74,75)(H4,51,52,57)(H4,53,54,58)(H4,55,56,59)/t27-,28-,32-,33-,34+,35-,36-,37-/m0/s1. The monoisotopic (exact) mass is 1050 g/mol. The first kappa shape index (κ1) is 61.5. The molecule has 0 bridgehead atoms. The number of guanidine groups is 3. The summed E-state index contributed by atoms with van der Waals surface area (Å²) in [6.45, 7) is 3.73. The van der Waals surface area contributed by atoms with Crippen molar-refractivity contribution in [3.63, 3.8) is 0 Å². The van der Waals surface area contributed by atoms with E-state index in [0.29, 0.717) is 37.8 Å². The minimum atomic E-state index is -1.31. The Hall–Kier alpha value is -7.81. The highest BCUT2D eigenvalue weighted by Crippen LogP contribution is 2.21. The number of fused-ring (bicyclic) bond motifs is 1. The number of rotatable bonds is 32. The van der Waals surface area contributed by atoms with Gasteiger partial charge in [0.1, 0.15) is 42.3 Å². The quantitative estimate of drug-likeness (QED) is 0.0189. The van der Waals surface area contributed by atoms with Crippen LogP contribution in [0.4, 0.5) is 0 Å². The number of carbonyl (C=O) groups excluding carboxylic acids is 7. The maximum atomic E-state index is 14.3. The zero-order chi connectivity index (χ0) is 55.6. The van der Waals surface area contributed by atoms with Gasteiger partial charge in [0.2, 0.25) is 41.4 Å². The van der Waals surface area contributed by atoms with E-state index in [-0.39, 0.29) is 95.4 Å². The number of aliphatic imine (C=N–C) groups is 3. The van der Waals surface area contributed by atoms with Crippen molar-refractivity contribution < 1.29 is 43.5 Å². The van der Waals surface area contributed by atoms with Gasteiger partial charge in [0.25, 0.3) is 0 Å². The Labute approximate surface area is 436 Å². The van der Waals surface area contributed by atoms with Crippen LogP contribution in [0, 0.1) is 0 Å². The molecular weight excluding hydrogens is 973 g/mol. The lowest BCUT2D eigenvalue weighted by Gasteiger charge is -2.30. The van der Waals surface area contributed by atoms with Gasteiger partial charge < -0.3 is 87.8 Å². The average Bonchev–Trinajstić information content (AvgIpc) is 3.86. The molecule has 414 valence electrons. The van der Waals surface area contributed by atoms with Crippen LogP contribution < -0.4 is 77.8 Å². The number of nitrogens with two attached hydrogens (primary N) is 8. The van der Waals surface area contributed by atoms with Gasteiger partial charge in [0.05, 0.1) is 6.04 Å². The number of nitrogens with one attached hydrogen (secondary N) is 6. The Morgan fingerprint density at radius 2 is 1.11 bits per heavy atom. The van der Waals surface area contributed by atoms with Crippen LogP contribution in [0.3, 0.4) is 0 Å². The summed E-state index contributed by atoms with van der Waals surface area (Å²) in [7, 11) is 0. The van der Waals surface area contributed by atoms with Gasteiger partial charge in [0, 0.05) is 32.6 Å². The van der Waals surface area contributed by atoms with Crippen molar-refractivity contribution in [3.8, 4) is 0 Å². The third-order valence-electron chi connectivity index (χ3n) is 12.2. The molecule has 0 radical (unpaired) electrons.